The highest BCUT2D eigenvalue weighted by Gasteiger charge is 2.13. The first-order chi connectivity index (χ1) is 12.3. The summed E-state index contributed by atoms with van der Waals surface area (Å²) in [6, 6.07) is 18.4. The Kier molecular flexibility index (Phi) is 5.31. The van der Waals surface area contributed by atoms with Gasteiger partial charge in [-0.05, 0) is 12.1 Å². The fourth-order valence-corrected chi connectivity index (χ4v) is 2.24. The molecule has 0 saturated heterocycles. The average molecular weight is 338 g/mol. The maximum Gasteiger partial charge on any atom is 0.273 e. The van der Waals surface area contributed by atoms with Crippen molar-refractivity contribution in [3.63, 3.8) is 0 Å². The molecular weight excluding hydrogens is 320 g/mol. The van der Waals surface area contributed by atoms with E-state index >= 15 is 0 Å². The second-order valence-electron chi connectivity index (χ2n) is 5.23. The summed E-state index contributed by atoms with van der Waals surface area (Å²) in [7, 11) is 1.60. The summed E-state index contributed by atoms with van der Waals surface area (Å²) in [6.45, 7) is 0.686. The fourth-order valence-electron chi connectivity index (χ4n) is 2.24. The number of rotatable bonds is 7. The molecule has 2 aromatic carbocycles. The molecule has 0 bridgehead atoms. The number of carbonyl (C=O) groups is 1. The van der Waals surface area contributed by atoms with Crippen LogP contribution < -0.4 is 14.8 Å². The van der Waals surface area contributed by atoms with E-state index in [-0.39, 0.29) is 11.6 Å². The van der Waals surface area contributed by atoms with Gasteiger partial charge in [-0.1, -0.05) is 41.6 Å². The van der Waals surface area contributed by atoms with E-state index < -0.39 is 0 Å². The van der Waals surface area contributed by atoms with E-state index in [9.17, 15) is 4.79 Å². The molecule has 0 aliphatic heterocycles. The van der Waals surface area contributed by atoms with Gasteiger partial charge in [0.2, 0.25) is 0 Å². The Labute approximate surface area is 145 Å². The number of hydrogen-bond acceptors (Lipinski definition) is 5. The number of hydrogen-bond donors (Lipinski definition) is 1. The van der Waals surface area contributed by atoms with E-state index in [2.05, 4.69) is 10.5 Å². The number of amides is 1. The summed E-state index contributed by atoms with van der Waals surface area (Å²) in [5.41, 5.74) is 1.11. The molecule has 0 saturated carbocycles. The predicted molar refractivity (Wildman–Crippen MR) is 92.8 cm³/mol. The van der Waals surface area contributed by atoms with Gasteiger partial charge in [-0.15, -0.1) is 0 Å². The van der Waals surface area contributed by atoms with Crippen LogP contribution in [0.5, 0.6) is 11.5 Å². The molecule has 0 radical (unpaired) electrons. The molecule has 3 aromatic rings. The van der Waals surface area contributed by atoms with Crippen molar-refractivity contribution in [3.05, 3.63) is 66.4 Å². The van der Waals surface area contributed by atoms with Gasteiger partial charge in [0.25, 0.3) is 5.91 Å². The van der Waals surface area contributed by atoms with Crippen LogP contribution in [0.25, 0.3) is 11.3 Å². The molecule has 0 fully saturated rings. The Morgan fingerprint density at radius 1 is 1.08 bits per heavy atom. The molecule has 0 atom stereocenters. The van der Waals surface area contributed by atoms with Gasteiger partial charge in [0.15, 0.2) is 11.5 Å². The van der Waals surface area contributed by atoms with Crippen LogP contribution in [0.4, 0.5) is 0 Å². The second-order valence-corrected chi connectivity index (χ2v) is 5.23. The summed E-state index contributed by atoms with van der Waals surface area (Å²) < 4.78 is 15.9. The molecule has 0 aliphatic carbocycles. The van der Waals surface area contributed by atoms with Crippen molar-refractivity contribution in [3.8, 4) is 22.8 Å². The van der Waals surface area contributed by atoms with Crippen molar-refractivity contribution >= 4 is 5.91 Å². The Morgan fingerprint density at radius 3 is 2.68 bits per heavy atom. The molecule has 3 rings (SSSR count). The van der Waals surface area contributed by atoms with Gasteiger partial charge >= 0.3 is 0 Å². The molecule has 1 amide bonds. The fraction of sp³-hybridized carbons (Fsp3) is 0.158. The molecular formula is C19H18N2O4. The predicted octanol–water partition coefficient (Wildman–Crippen LogP) is 3.16. The van der Waals surface area contributed by atoms with Crippen molar-refractivity contribution in [2.45, 2.75) is 0 Å². The van der Waals surface area contributed by atoms with Crippen molar-refractivity contribution in [1.82, 2.24) is 10.5 Å². The molecule has 0 spiro atoms. The van der Waals surface area contributed by atoms with Crippen molar-refractivity contribution < 1.29 is 18.8 Å². The van der Waals surface area contributed by atoms with E-state index in [1.54, 1.807) is 19.2 Å². The Bertz CT molecular complexity index is 830. The number of benzene rings is 2. The SMILES string of the molecule is COc1cccc(OCCNC(=O)c2cc(-c3ccccc3)on2)c1. The Hall–Kier alpha value is -3.28. The smallest absolute Gasteiger partial charge is 0.273 e. The lowest BCUT2D eigenvalue weighted by Crippen LogP contribution is -2.28. The van der Waals surface area contributed by atoms with Crippen LogP contribution in [-0.4, -0.2) is 31.3 Å². The molecule has 6 nitrogen and oxygen atoms in total. The topological polar surface area (TPSA) is 73.6 Å². The monoisotopic (exact) mass is 338 g/mol. The third-order valence-electron chi connectivity index (χ3n) is 3.50. The van der Waals surface area contributed by atoms with Gasteiger partial charge in [0.05, 0.1) is 13.7 Å². The van der Waals surface area contributed by atoms with E-state index in [0.29, 0.717) is 24.7 Å². The largest absolute Gasteiger partial charge is 0.497 e. The highest BCUT2D eigenvalue weighted by Crippen LogP contribution is 2.20. The molecule has 1 aromatic heterocycles. The minimum Gasteiger partial charge on any atom is -0.497 e. The van der Waals surface area contributed by atoms with Crippen LogP contribution in [-0.2, 0) is 0 Å². The number of ether oxygens (including phenoxy) is 2. The highest BCUT2D eigenvalue weighted by molar-refractivity contribution is 5.93. The maximum absolute atomic E-state index is 12.1. The lowest BCUT2D eigenvalue weighted by molar-refractivity contribution is 0.0938. The Balaban J connectivity index is 1.49. The van der Waals surface area contributed by atoms with Gasteiger partial charge in [-0.25, -0.2) is 0 Å². The van der Waals surface area contributed by atoms with Gasteiger partial charge in [0.1, 0.15) is 18.1 Å². The molecule has 1 N–H and O–H groups in total. The number of aromatic nitrogens is 1. The zero-order valence-electron chi connectivity index (χ0n) is 13.8. The number of carbonyl (C=O) groups excluding carboxylic acids is 1. The maximum atomic E-state index is 12.1. The zero-order chi connectivity index (χ0) is 17.5. The van der Waals surface area contributed by atoms with E-state index in [1.807, 2.05) is 48.5 Å². The van der Waals surface area contributed by atoms with Crippen molar-refractivity contribution in [2.24, 2.45) is 0 Å². The third-order valence-corrected chi connectivity index (χ3v) is 3.50. The first-order valence-corrected chi connectivity index (χ1v) is 7.83. The standard InChI is InChI=1S/C19H18N2O4/c1-23-15-8-5-9-16(12-15)24-11-10-20-19(22)17-13-18(25-21-17)14-6-3-2-4-7-14/h2-9,12-13H,10-11H2,1H3,(H,20,22). The normalized spacial score (nSPS) is 10.3. The quantitative estimate of drug-likeness (QED) is 0.670. The molecule has 25 heavy (non-hydrogen) atoms. The van der Waals surface area contributed by atoms with Gasteiger partial charge in [-0.3, -0.25) is 4.79 Å². The molecule has 1 heterocycles. The summed E-state index contributed by atoms with van der Waals surface area (Å²) in [5.74, 6) is 1.65. The van der Waals surface area contributed by atoms with E-state index in [4.69, 9.17) is 14.0 Å². The van der Waals surface area contributed by atoms with Crippen LogP contribution in [0.3, 0.4) is 0 Å². The van der Waals surface area contributed by atoms with Crippen LogP contribution in [0.2, 0.25) is 0 Å². The third kappa shape index (κ3) is 4.38. The van der Waals surface area contributed by atoms with Crippen molar-refractivity contribution in [1.29, 1.82) is 0 Å². The number of nitrogens with one attached hydrogen (secondary N) is 1. The minimum atomic E-state index is -0.305. The van der Waals surface area contributed by atoms with E-state index in [0.717, 1.165) is 11.3 Å². The van der Waals surface area contributed by atoms with Gasteiger partial charge in [0, 0.05) is 17.7 Å². The van der Waals surface area contributed by atoms with E-state index in [1.165, 1.54) is 0 Å². The lowest BCUT2D eigenvalue weighted by atomic mass is 10.1. The Morgan fingerprint density at radius 2 is 1.88 bits per heavy atom. The second kappa shape index (κ2) is 8.01. The first-order valence-electron chi connectivity index (χ1n) is 7.83. The average Bonchev–Trinajstić information content (AvgIpc) is 3.16. The lowest BCUT2D eigenvalue weighted by Gasteiger charge is -2.08. The molecule has 128 valence electrons. The molecule has 6 heteroatoms. The highest BCUT2D eigenvalue weighted by atomic mass is 16.5. The first kappa shape index (κ1) is 16.6. The van der Waals surface area contributed by atoms with Crippen molar-refractivity contribution in [2.75, 3.05) is 20.3 Å². The number of nitrogens with zero attached hydrogens (tertiary/aromatic N) is 1. The summed E-state index contributed by atoms with van der Waals surface area (Å²) >= 11 is 0. The molecule has 0 aliphatic rings. The van der Waals surface area contributed by atoms with Crippen LogP contribution in [0.15, 0.2) is 65.2 Å². The minimum absolute atomic E-state index is 0.236. The summed E-state index contributed by atoms with van der Waals surface area (Å²) in [4.78, 5) is 12.1. The number of methoxy groups -OCH3 is 1. The zero-order valence-corrected chi connectivity index (χ0v) is 13.8. The summed E-state index contributed by atoms with van der Waals surface area (Å²) in [5, 5.41) is 6.55. The van der Waals surface area contributed by atoms with Crippen LogP contribution in [0, 0.1) is 0 Å². The summed E-state index contributed by atoms with van der Waals surface area (Å²) in [6.07, 6.45) is 0. The van der Waals surface area contributed by atoms with Crippen LogP contribution in [0.1, 0.15) is 10.5 Å². The van der Waals surface area contributed by atoms with Gasteiger partial charge < -0.3 is 19.3 Å². The van der Waals surface area contributed by atoms with Crippen LogP contribution >= 0.6 is 0 Å². The van der Waals surface area contributed by atoms with Gasteiger partial charge in [-0.2, -0.15) is 0 Å². The molecule has 0 unspecified atom stereocenters.